The van der Waals surface area contributed by atoms with E-state index < -0.39 is 5.97 Å². The smallest absolute Gasteiger partial charge is 0.339 e. The van der Waals surface area contributed by atoms with Gasteiger partial charge in [-0.05, 0) is 18.5 Å². The zero-order chi connectivity index (χ0) is 8.43. The van der Waals surface area contributed by atoms with Crippen molar-refractivity contribution in [3.05, 3.63) is 22.7 Å². The van der Waals surface area contributed by atoms with Crippen LogP contribution in [-0.4, -0.2) is 21.0 Å². The van der Waals surface area contributed by atoms with Crippen molar-refractivity contribution in [1.29, 1.82) is 0 Å². The van der Waals surface area contributed by atoms with Crippen molar-refractivity contribution in [2.24, 2.45) is 0 Å². The number of aromatic nitrogens is 2. The Morgan fingerprint density at radius 1 is 1.67 bits per heavy atom. The average Bonchev–Trinajstić information content (AvgIpc) is 1.85. The van der Waals surface area contributed by atoms with E-state index in [1.54, 1.807) is 6.92 Å². The van der Waals surface area contributed by atoms with E-state index in [1.165, 1.54) is 6.20 Å². The molecule has 0 fully saturated rings. The van der Waals surface area contributed by atoms with Gasteiger partial charge in [-0.1, -0.05) is 0 Å². The predicted molar refractivity (Wildman–Crippen MR) is 46.0 cm³/mol. The Hall–Kier alpha value is -0.870. The summed E-state index contributed by atoms with van der Waals surface area (Å²) in [4.78, 5) is 17.6. The van der Waals surface area contributed by atoms with Gasteiger partial charge < -0.3 is 5.11 Å². The molecular formula is C6H6Cl2N2O2. The molecule has 0 unspecified atom stereocenters. The largest absolute Gasteiger partial charge is 0.478 e. The first-order valence-corrected chi connectivity index (χ1v) is 3.21. The number of carboxylic acids is 1. The SMILES string of the molecule is Cc1nc(Cl)ncc1C(=O)O.Cl. The van der Waals surface area contributed by atoms with Crippen molar-refractivity contribution >= 4 is 30.0 Å². The second-order valence-corrected chi connectivity index (χ2v) is 2.28. The molecular weight excluding hydrogens is 203 g/mol. The van der Waals surface area contributed by atoms with Gasteiger partial charge in [-0.25, -0.2) is 14.8 Å². The third-order valence-corrected chi connectivity index (χ3v) is 1.36. The van der Waals surface area contributed by atoms with Gasteiger partial charge in [-0.15, -0.1) is 12.4 Å². The van der Waals surface area contributed by atoms with Crippen molar-refractivity contribution in [3.8, 4) is 0 Å². The maximum absolute atomic E-state index is 10.4. The van der Waals surface area contributed by atoms with Crippen LogP contribution in [0, 0.1) is 6.92 Å². The lowest BCUT2D eigenvalue weighted by Crippen LogP contribution is -2.02. The topological polar surface area (TPSA) is 63.1 Å². The molecule has 1 heterocycles. The summed E-state index contributed by atoms with van der Waals surface area (Å²) in [5, 5.41) is 8.60. The molecule has 0 atom stereocenters. The Labute approximate surface area is 80.0 Å². The number of aryl methyl sites for hydroxylation is 1. The summed E-state index contributed by atoms with van der Waals surface area (Å²) in [5.74, 6) is -1.04. The summed E-state index contributed by atoms with van der Waals surface area (Å²) in [7, 11) is 0. The van der Waals surface area contributed by atoms with Crippen LogP contribution in [0.4, 0.5) is 0 Å². The maximum Gasteiger partial charge on any atom is 0.339 e. The zero-order valence-electron chi connectivity index (χ0n) is 6.11. The molecule has 0 aromatic carbocycles. The van der Waals surface area contributed by atoms with E-state index in [2.05, 4.69) is 9.97 Å². The Morgan fingerprint density at radius 3 is 2.67 bits per heavy atom. The molecule has 0 aliphatic heterocycles. The molecule has 4 nitrogen and oxygen atoms in total. The van der Waals surface area contributed by atoms with Crippen LogP contribution in [0.2, 0.25) is 5.28 Å². The molecule has 1 aromatic rings. The van der Waals surface area contributed by atoms with Gasteiger partial charge in [-0.2, -0.15) is 0 Å². The number of hydrogen-bond acceptors (Lipinski definition) is 3. The second-order valence-electron chi connectivity index (χ2n) is 1.94. The summed E-state index contributed by atoms with van der Waals surface area (Å²) in [6, 6.07) is 0. The molecule has 1 aromatic heterocycles. The molecule has 0 saturated heterocycles. The highest BCUT2D eigenvalue weighted by molar-refractivity contribution is 6.28. The predicted octanol–water partition coefficient (Wildman–Crippen LogP) is 1.56. The molecule has 6 heteroatoms. The van der Waals surface area contributed by atoms with E-state index in [0.29, 0.717) is 5.69 Å². The Balaban J connectivity index is 0.00000121. The first-order chi connectivity index (χ1) is 5.11. The Kier molecular flexibility index (Phi) is 3.92. The van der Waals surface area contributed by atoms with E-state index in [-0.39, 0.29) is 23.3 Å². The number of nitrogens with zero attached hydrogens (tertiary/aromatic N) is 2. The highest BCUT2D eigenvalue weighted by Crippen LogP contribution is 2.06. The van der Waals surface area contributed by atoms with E-state index in [4.69, 9.17) is 16.7 Å². The summed E-state index contributed by atoms with van der Waals surface area (Å²) < 4.78 is 0. The monoisotopic (exact) mass is 208 g/mol. The van der Waals surface area contributed by atoms with E-state index in [0.717, 1.165) is 0 Å². The van der Waals surface area contributed by atoms with Crippen LogP contribution < -0.4 is 0 Å². The van der Waals surface area contributed by atoms with Gasteiger partial charge in [0.1, 0.15) is 0 Å². The number of hydrogen-bond donors (Lipinski definition) is 1. The fourth-order valence-electron chi connectivity index (χ4n) is 0.649. The van der Waals surface area contributed by atoms with Gasteiger partial charge in [0, 0.05) is 6.20 Å². The fraction of sp³-hybridized carbons (Fsp3) is 0.167. The fourth-order valence-corrected chi connectivity index (χ4v) is 0.824. The van der Waals surface area contributed by atoms with Crippen LogP contribution >= 0.6 is 24.0 Å². The average molecular weight is 209 g/mol. The van der Waals surface area contributed by atoms with E-state index in [1.807, 2.05) is 0 Å². The van der Waals surface area contributed by atoms with Gasteiger partial charge in [0.05, 0.1) is 11.3 Å². The molecule has 66 valence electrons. The first-order valence-electron chi connectivity index (χ1n) is 2.83. The van der Waals surface area contributed by atoms with Gasteiger partial charge in [0.2, 0.25) is 5.28 Å². The number of carboxylic acid groups (broad SMARTS) is 1. The third kappa shape index (κ3) is 2.32. The van der Waals surface area contributed by atoms with Crippen LogP contribution in [-0.2, 0) is 0 Å². The number of aromatic carboxylic acids is 1. The minimum Gasteiger partial charge on any atom is -0.478 e. The highest BCUT2D eigenvalue weighted by atomic mass is 35.5. The Bertz CT molecular complexity index is 304. The molecule has 1 rings (SSSR count). The van der Waals surface area contributed by atoms with Crippen LogP contribution in [0.1, 0.15) is 16.1 Å². The minimum absolute atomic E-state index is 0. The van der Waals surface area contributed by atoms with Gasteiger partial charge in [0.25, 0.3) is 0 Å². The number of rotatable bonds is 1. The first kappa shape index (κ1) is 11.1. The summed E-state index contributed by atoms with van der Waals surface area (Å²) in [5.41, 5.74) is 0.451. The zero-order valence-corrected chi connectivity index (χ0v) is 7.69. The lowest BCUT2D eigenvalue weighted by Gasteiger charge is -1.97. The van der Waals surface area contributed by atoms with Gasteiger partial charge >= 0.3 is 5.97 Å². The molecule has 0 aliphatic rings. The Morgan fingerprint density at radius 2 is 2.25 bits per heavy atom. The van der Waals surface area contributed by atoms with Crippen molar-refractivity contribution in [2.75, 3.05) is 0 Å². The molecule has 0 saturated carbocycles. The molecule has 1 N–H and O–H groups in total. The highest BCUT2D eigenvalue weighted by Gasteiger charge is 2.08. The third-order valence-electron chi connectivity index (χ3n) is 1.18. The normalized spacial score (nSPS) is 8.83. The molecule has 0 radical (unpaired) electrons. The van der Waals surface area contributed by atoms with Crippen molar-refractivity contribution < 1.29 is 9.90 Å². The van der Waals surface area contributed by atoms with Gasteiger partial charge in [0.15, 0.2) is 0 Å². The maximum atomic E-state index is 10.4. The van der Waals surface area contributed by atoms with Crippen LogP contribution in [0.25, 0.3) is 0 Å². The van der Waals surface area contributed by atoms with E-state index >= 15 is 0 Å². The van der Waals surface area contributed by atoms with Crippen molar-refractivity contribution in [1.82, 2.24) is 9.97 Å². The molecule has 0 bridgehead atoms. The minimum atomic E-state index is -1.04. The molecule has 0 aliphatic carbocycles. The molecule has 12 heavy (non-hydrogen) atoms. The second kappa shape index (κ2) is 4.23. The van der Waals surface area contributed by atoms with Crippen LogP contribution in [0.3, 0.4) is 0 Å². The van der Waals surface area contributed by atoms with Crippen LogP contribution in [0.5, 0.6) is 0 Å². The summed E-state index contributed by atoms with van der Waals surface area (Å²) in [6.45, 7) is 1.57. The molecule has 0 spiro atoms. The summed E-state index contributed by atoms with van der Waals surface area (Å²) in [6.07, 6.45) is 1.19. The number of halogens is 2. The standard InChI is InChI=1S/C6H5ClN2O2.ClH/c1-3-4(5(10)11)2-8-6(7)9-3;/h2H,1H3,(H,10,11);1H. The van der Waals surface area contributed by atoms with Crippen LogP contribution in [0.15, 0.2) is 6.20 Å². The lowest BCUT2D eigenvalue weighted by atomic mass is 10.2. The van der Waals surface area contributed by atoms with Crippen molar-refractivity contribution in [3.63, 3.8) is 0 Å². The summed E-state index contributed by atoms with van der Waals surface area (Å²) >= 11 is 5.41. The number of carbonyl (C=O) groups is 1. The van der Waals surface area contributed by atoms with Crippen molar-refractivity contribution in [2.45, 2.75) is 6.92 Å². The quantitative estimate of drug-likeness (QED) is 0.712. The molecule has 0 amide bonds. The van der Waals surface area contributed by atoms with E-state index in [9.17, 15) is 4.79 Å². The van der Waals surface area contributed by atoms with Gasteiger partial charge in [-0.3, -0.25) is 0 Å². The lowest BCUT2D eigenvalue weighted by molar-refractivity contribution is 0.0695.